The summed E-state index contributed by atoms with van der Waals surface area (Å²) in [5.74, 6) is -0.222. The normalized spacial score (nSPS) is 11.7. The molecule has 0 bridgehead atoms. The Hall–Kier alpha value is -3.02. The molecule has 0 saturated carbocycles. The van der Waals surface area contributed by atoms with Crippen LogP contribution in [0, 0.1) is 0 Å². The van der Waals surface area contributed by atoms with E-state index in [-0.39, 0.29) is 5.91 Å². The van der Waals surface area contributed by atoms with Crippen LogP contribution in [0.5, 0.6) is 0 Å². The molecule has 0 aliphatic heterocycles. The van der Waals surface area contributed by atoms with Crippen molar-refractivity contribution in [2.45, 2.75) is 12.5 Å². The number of aliphatic hydroxyl groups is 1. The number of hydrogen-bond donors (Lipinski definition) is 3. The molecule has 1 amide bonds. The van der Waals surface area contributed by atoms with E-state index in [4.69, 9.17) is 0 Å². The average molecular weight is 361 g/mol. The van der Waals surface area contributed by atoms with Crippen LogP contribution in [0.2, 0.25) is 0 Å². The number of nitrogens with one attached hydrogen (secondary N) is 2. The molecule has 27 heavy (non-hydrogen) atoms. The second-order valence-electron chi connectivity index (χ2n) is 6.25. The lowest BCUT2D eigenvalue weighted by atomic mass is 10.1. The van der Waals surface area contributed by atoms with Gasteiger partial charge in [-0.25, -0.2) is 0 Å². The van der Waals surface area contributed by atoms with Crippen molar-refractivity contribution in [3.63, 3.8) is 0 Å². The highest BCUT2D eigenvalue weighted by atomic mass is 16.3. The number of hydrogen-bond acceptors (Lipinski definition) is 4. The molecule has 138 valence electrons. The van der Waals surface area contributed by atoms with Crippen molar-refractivity contribution in [2.75, 3.05) is 18.4 Å². The van der Waals surface area contributed by atoms with Gasteiger partial charge >= 0.3 is 0 Å². The fourth-order valence-corrected chi connectivity index (χ4v) is 2.71. The van der Waals surface area contributed by atoms with E-state index in [2.05, 4.69) is 15.6 Å². The number of anilines is 1. The first-order valence-electron chi connectivity index (χ1n) is 8.97. The Labute approximate surface area is 159 Å². The minimum absolute atomic E-state index is 0.222. The Kier molecular flexibility index (Phi) is 6.68. The molecule has 3 rings (SSSR count). The van der Waals surface area contributed by atoms with E-state index in [1.165, 1.54) is 0 Å². The summed E-state index contributed by atoms with van der Waals surface area (Å²) < 4.78 is 0. The standard InChI is InChI=1S/C22H23N3O2/c26-21(18-6-2-1-3-7-18)16-23-15-13-17-9-11-19(12-10-17)25-22(27)20-8-4-5-14-24-20/h1-12,14,21,23,26H,13,15-16H2,(H,25,27)/t21-/m0/s1. The predicted octanol–water partition coefficient (Wildman–Crippen LogP) is 3.20. The Morgan fingerprint density at radius 1 is 0.963 bits per heavy atom. The summed E-state index contributed by atoms with van der Waals surface area (Å²) in [6.45, 7) is 1.28. The van der Waals surface area contributed by atoms with Gasteiger partial charge in [-0.1, -0.05) is 48.5 Å². The van der Waals surface area contributed by atoms with E-state index in [0.29, 0.717) is 12.2 Å². The van der Waals surface area contributed by atoms with Gasteiger partial charge in [0.15, 0.2) is 0 Å². The van der Waals surface area contributed by atoms with Gasteiger partial charge in [0.2, 0.25) is 0 Å². The SMILES string of the molecule is O=C(Nc1ccc(CCNC[C@H](O)c2ccccc2)cc1)c1ccccn1. The van der Waals surface area contributed by atoms with Gasteiger partial charge in [0.05, 0.1) is 6.10 Å². The van der Waals surface area contributed by atoms with Gasteiger partial charge in [0.25, 0.3) is 5.91 Å². The number of aliphatic hydroxyl groups excluding tert-OH is 1. The second kappa shape index (κ2) is 9.62. The lowest BCUT2D eigenvalue weighted by Gasteiger charge is -2.12. The molecule has 3 N–H and O–H groups in total. The minimum atomic E-state index is -0.504. The summed E-state index contributed by atoms with van der Waals surface area (Å²) in [5.41, 5.74) is 3.20. The molecule has 1 heterocycles. The number of carbonyl (C=O) groups is 1. The van der Waals surface area contributed by atoms with Crippen molar-refractivity contribution in [1.82, 2.24) is 10.3 Å². The van der Waals surface area contributed by atoms with Crippen LogP contribution in [-0.2, 0) is 6.42 Å². The molecule has 0 spiro atoms. The van der Waals surface area contributed by atoms with Crippen LogP contribution in [0.3, 0.4) is 0 Å². The van der Waals surface area contributed by atoms with Crippen LogP contribution < -0.4 is 10.6 Å². The van der Waals surface area contributed by atoms with Crippen molar-refractivity contribution < 1.29 is 9.90 Å². The third kappa shape index (κ3) is 5.74. The molecule has 5 nitrogen and oxygen atoms in total. The highest BCUT2D eigenvalue weighted by Gasteiger charge is 2.07. The summed E-state index contributed by atoms with van der Waals surface area (Å²) in [4.78, 5) is 16.1. The van der Waals surface area contributed by atoms with Crippen molar-refractivity contribution in [3.8, 4) is 0 Å². The Balaban J connectivity index is 1.42. The molecule has 0 saturated heterocycles. The van der Waals surface area contributed by atoms with Crippen LogP contribution in [0.25, 0.3) is 0 Å². The zero-order valence-electron chi connectivity index (χ0n) is 15.0. The van der Waals surface area contributed by atoms with Crippen molar-refractivity contribution >= 4 is 11.6 Å². The third-order valence-electron chi connectivity index (χ3n) is 4.22. The minimum Gasteiger partial charge on any atom is -0.387 e. The zero-order chi connectivity index (χ0) is 18.9. The largest absolute Gasteiger partial charge is 0.387 e. The predicted molar refractivity (Wildman–Crippen MR) is 107 cm³/mol. The molecule has 0 radical (unpaired) electrons. The van der Waals surface area contributed by atoms with E-state index in [1.54, 1.807) is 24.4 Å². The first-order chi connectivity index (χ1) is 13.2. The molecule has 5 heteroatoms. The summed E-state index contributed by atoms with van der Waals surface area (Å²) in [6, 6.07) is 22.6. The van der Waals surface area contributed by atoms with Crippen LogP contribution in [0.1, 0.15) is 27.7 Å². The Morgan fingerprint density at radius 3 is 2.41 bits per heavy atom. The van der Waals surface area contributed by atoms with Crippen molar-refractivity contribution in [1.29, 1.82) is 0 Å². The number of amides is 1. The monoisotopic (exact) mass is 361 g/mol. The number of benzene rings is 2. The summed E-state index contributed by atoms with van der Waals surface area (Å²) in [6.07, 6.45) is 1.94. The third-order valence-corrected chi connectivity index (χ3v) is 4.22. The highest BCUT2D eigenvalue weighted by molar-refractivity contribution is 6.02. The average Bonchev–Trinajstić information content (AvgIpc) is 2.73. The maximum absolute atomic E-state index is 12.1. The molecule has 1 aromatic heterocycles. The maximum atomic E-state index is 12.1. The van der Waals surface area contributed by atoms with E-state index < -0.39 is 6.10 Å². The molecule has 3 aromatic rings. The zero-order valence-corrected chi connectivity index (χ0v) is 15.0. The smallest absolute Gasteiger partial charge is 0.274 e. The fourth-order valence-electron chi connectivity index (χ4n) is 2.71. The van der Waals surface area contributed by atoms with Gasteiger partial charge in [0.1, 0.15) is 5.69 Å². The topological polar surface area (TPSA) is 74.2 Å². The lowest BCUT2D eigenvalue weighted by Crippen LogP contribution is -2.23. The van der Waals surface area contributed by atoms with Gasteiger partial charge in [0, 0.05) is 18.4 Å². The van der Waals surface area contributed by atoms with E-state index in [0.717, 1.165) is 29.8 Å². The highest BCUT2D eigenvalue weighted by Crippen LogP contribution is 2.12. The van der Waals surface area contributed by atoms with Crippen LogP contribution in [0.4, 0.5) is 5.69 Å². The van der Waals surface area contributed by atoms with E-state index >= 15 is 0 Å². The number of carbonyl (C=O) groups excluding carboxylic acids is 1. The fraction of sp³-hybridized carbons (Fsp3) is 0.182. The summed E-state index contributed by atoms with van der Waals surface area (Å²) in [5, 5.41) is 16.2. The van der Waals surface area contributed by atoms with Gasteiger partial charge < -0.3 is 15.7 Å². The molecule has 2 aromatic carbocycles. The van der Waals surface area contributed by atoms with Gasteiger partial charge in [-0.2, -0.15) is 0 Å². The quantitative estimate of drug-likeness (QED) is 0.539. The second-order valence-corrected chi connectivity index (χ2v) is 6.25. The molecule has 1 atom stereocenters. The summed E-state index contributed by atoms with van der Waals surface area (Å²) in [7, 11) is 0. The van der Waals surface area contributed by atoms with Crippen molar-refractivity contribution in [3.05, 3.63) is 95.8 Å². The summed E-state index contributed by atoms with van der Waals surface area (Å²) >= 11 is 0. The molecule has 0 aliphatic rings. The number of aromatic nitrogens is 1. The molecular weight excluding hydrogens is 338 g/mol. The Bertz CT molecular complexity index is 836. The number of nitrogens with zero attached hydrogens (tertiary/aromatic N) is 1. The number of pyridine rings is 1. The molecule has 0 fully saturated rings. The molecule has 0 unspecified atom stereocenters. The van der Waals surface area contributed by atoms with Crippen LogP contribution in [-0.4, -0.2) is 29.1 Å². The van der Waals surface area contributed by atoms with Gasteiger partial charge in [-0.15, -0.1) is 0 Å². The molecular formula is C22H23N3O2. The van der Waals surface area contributed by atoms with E-state index in [1.807, 2.05) is 54.6 Å². The maximum Gasteiger partial charge on any atom is 0.274 e. The first kappa shape index (κ1) is 18.8. The first-order valence-corrected chi connectivity index (χ1v) is 8.97. The van der Waals surface area contributed by atoms with Gasteiger partial charge in [-0.05, 0) is 48.4 Å². The lowest BCUT2D eigenvalue weighted by molar-refractivity contribution is 0.102. The molecule has 0 aliphatic carbocycles. The van der Waals surface area contributed by atoms with Crippen LogP contribution >= 0.6 is 0 Å². The van der Waals surface area contributed by atoms with Crippen LogP contribution in [0.15, 0.2) is 79.0 Å². The number of rotatable bonds is 8. The van der Waals surface area contributed by atoms with Gasteiger partial charge in [-0.3, -0.25) is 9.78 Å². The van der Waals surface area contributed by atoms with Crippen molar-refractivity contribution in [2.24, 2.45) is 0 Å². The van der Waals surface area contributed by atoms with E-state index in [9.17, 15) is 9.90 Å². The Morgan fingerprint density at radius 2 is 1.70 bits per heavy atom.